The number of benzene rings is 3. The molecule has 0 unspecified atom stereocenters. The highest BCUT2D eigenvalue weighted by Crippen LogP contribution is 2.29. The molecular weight excluding hydrogens is 464 g/mol. The highest BCUT2D eigenvalue weighted by atomic mass is 32.2. The molecule has 34 heavy (non-hydrogen) atoms. The first-order valence-corrected chi connectivity index (χ1v) is 10.9. The summed E-state index contributed by atoms with van der Waals surface area (Å²) < 4.78 is 28.6. The third kappa shape index (κ3) is 4.94. The van der Waals surface area contributed by atoms with Crippen LogP contribution in [-0.2, 0) is 4.79 Å². The Kier molecular flexibility index (Phi) is 6.64. The zero-order valence-corrected chi connectivity index (χ0v) is 18.6. The molecule has 3 aromatic carbocycles. The topological polar surface area (TPSA) is 94.2 Å². The molecule has 0 saturated carbocycles. The van der Waals surface area contributed by atoms with E-state index in [9.17, 15) is 23.7 Å². The molecule has 1 amide bonds. The van der Waals surface area contributed by atoms with Crippen LogP contribution in [0, 0.1) is 21.7 Å². The molecule has 0 spiro atoms. The summed E-state index contributed by atoms with van der Waals surface area (Å²) >= 11 is 1.13. The Hall–Kier alpha value is -4.12. The van der Waals surface area contributed by atoms with Gasteiger partial charge in [0.25, 0.3) is 5.69 Å². The average Bonchev–Trinajstić information content (AvgIpc) is 3.27. The molecule has 0 radical (unpaired) electrons. The predicted molar refractivity (Wildman–Crippen MR) is 124 cm³/mol. The van der Waals surface area contributed by atoms with Gasteiger partial charge in [0.2, 0.25) is 5.91 Å². The van der Waals surface area contributed by atoms with E-state index in [0.717, 1.165) is 11.8 Å². The minimum absolute atomic E-state index is 0.00374. The Morgan fingerprint density at radius 3 is 2.15 bits per heavy atom. The van der Waals surface area contributed by atoms with Crippen LogP contribution in [0.5, 0.6) is 0 Å². The minimum Gasteiger partial charge on any atom is -0.315 e. The Morgan fingerprint density at radius 2 is 1.56 bits per heavy atom. The lowest BCUT2D eigenvalue weighted by molar-refractivity contribution is -0.384. The normalized spacial score (nSPS) is 10.8. The summed E-state index contributed by atoms with van der Waals surface area (Å²) in [6.07, 6.45) is 0. The Balaban J connectivity index is 1.58. The number of thioether (sulfide) groups is 1. The predicted octanol–water partition coefficient (Wildman–Crippen LogP) is 4.88. The summed E-state index contributed by atoms with van der Waals surface area (Å²) in [6.45, 7) is 0. The number of rotatable bonds is 7. The minimum atomic E-state index is -0.511. The molecule has 4 aromatic rings. The molecule has 172 valence electrons. The van der Waals surface area contributed by atoms with Gasteiger partial charge in [-0.1, -0.05) is 11.8 Å². The van der Waals surface area contributed by atoms with Crippen LogP contribution in [0.15, 0.2) is 78.0 Å². The third-order valence-electron chi connectivity index (χ3n) is 4.97. The van der Waals surface area contributed by atoms with Gasteiger partial charge in [-0.05, 0) is 60.7 Å². The summed E-state index contributed by atoms with van der Waals surface area (Å²) in [4.78, 5) is 24.5. The van der Waals surface area contributed by atoms with Gasteiger partial charge in [-0.25, -0.2) is 8.78 Å². The third-order valence-corrected chi connectivity index (χ3v) is 5.88. The lowest BCUT2D eigenvalue weighted by atomic mass is 10.2. The highest BCUT2D eigenvalue weighted by Gasteiger charge is 2.19. The van der Waals surface area contributed by atoms with E-state index >= 15 is 0 Å². The fourth-order valence-corrected chi connectivity index (χ4v) is 4.00. The molecule has 4 rings (SSSR count). The quantitative estimate of drug-likeness (QED) is 0.212. The number of carbonyl (C=O) groups excluding carboxylic acids is 1. The SMILES string of the molecule is CN(C(=O)CSc1nnc(-c2ccc(F)cc2)n1-c1ccc(F)cc1)c1ccc([N+](=O)[O-])cc1. The van der Waals surface area contributed by atoms with Crippen molar-refractivity contribution >= 4 is 29.0 Å². The molecule has 0 atom stereocenters. The molecule has 11 heteroatoms. The van der Waals surface area contributed by atoms with E-state index in [0.29, 0.717) is 27.9 Å². The second-order valence-corrected chi connectivity index (χ2v) is 8.08. The Bertz CT molecular complexity index is 1330. The van der Waals surface area contributed by atoms with Crippen molar-refractivity contribution in [2.75, 3.05) is 17.7 Å². The summed E-state index contributed by atoms with van der Waals surface area (Å²) in [5.74, 6) is -0.669. The van der Waals surface area contributed by atoms with Gasteiger partial charge in [-0.2, -0.15) is 0 Å². The number of non-ortho nitro benzene ring substituents is 1. The summed E-state index contributed by atoms with van der Waals surface area (Å²) in [5.41, 5.74) is 1.60. The van der Waals surface area contributed by atoms with Gasteiger partial charge in [0.15, 0.2) is 11.0 Å². The van der Waals surface area contributed by atoms with E-state index < -0.39 is 16.6 Å². The first-order valence-electron chi connectivity index (χ1n) is 9.94. The van der Waals surface area contributed by atoms with E-state index in [1.165, 1.54) is 53.4 Å². The number of amides is 1. The van der Waals surface area contributed by atoms with E-state index in [-0.39, 0.29) is 17.3 Å². The van der Waals surface area contributed by atoms with Crippen LogP contribution < -0.4 is 4.90 Å². The second-order valence-electron chi connectivity index (χ2n) is 7.14. The molecule has 8 nitrogen and oxygen atoms in total. The number of anilines is 1. The van der Waals surface area contributed by atoms with Crippen molar-refractivity contribution in [2.24, 2.45) is 0 Å². The fourth-order valence-electron chi connectivity index (χ4n) is 3.14. The van der Waals surface area contributed by atoms with Gasteiger partial charge in [-0.3, -0.25) is 19.5 Å². The maximum atomic E-state index is 13.5. The number of carbonyl (C=O) groups is 1. The molecule has 1 aromatic heterocycles. The zero-order valence-electron chi connectivity index (χ0n) is 17.8. The lowest BCUT2D eigenvalue weighted by Crippen LogP contribution is -2.28. The molecule has 0 aliphatic heterocycles. The van der Waals surface area contributed by atoms with Crippen molar-refractivity contribution in [1.82, 2.24) is 14.8 Å². The van der Waals surface area contributed by atoms with Gasteiger partial charge < -0.3 is 4.90 Å². The van der Waals surface area contributed by atoms with Crippen LogP contribution in [0.4, 0.5) is 20.2 Å². The fraction of sp³-hybridized carbons (Fsp3) is 0.0870. The van der Waals surface area contributed by atoms with Crippen molar-refractivity contribution in [3.63, 3.8) is 0 Å². The molecule has 0 N–H and O–H groups in total. The van der Waals surface area contributed by atoms with Crippen molar-refractivity contribution < 1.29 is 18.5 Å². The van der Waals surface area contributed by atoms with Gasteiger partial charge in [0, 0.05) is 36.1 Å². The van der Waals surface area contributed by atoms with Crippen molar-refractivity contribution in [3.8, 4) is 17.1 Å². The number of hydrogen-bond acceptors (Lipinski definition) is 6. The van der Waals surface area contributed by atoms with E-state index in [1.54, 1.807) is 35.9 Å². The van der Waals surface area contributed by atoms with Gasteiger partial charge in [0.05, 0.1) is 10.7 Å². The standard InChI is InChI=1S/C23H17F2N5O3S/c1-28(18-10-12-20(13-11-18)30(32)33)21(31)14-34-23-27-26-22(15-2-4-16(24)5-3-15)29(23)19-8-6-17(25)7-9-19/h2-13H,14H2,1H3. The molecule has 1 heterocycles. The van der Waals surface area contributed by atoms with Crippen LogP contribution in [0.2, 0.25) is 0 Å². The van der Waals surface area contributed by atoms with Gasteiger partial charge >= 0.3 is 0 Å². The summed E-state index contributed by atoms with van der Waals surface area (Å²) in [7, 11) is 1.57. The number of halogens is 2. The Morgan fingerprint density at radius 1 is 0.971 bits per heavy atom. The van der Waals surface area contributed by atoms with E-state index in [1.807, 2.05) is 0 Å². The highest BCUT2D eigenvalue weighted by molar-refractivity contribution is 7.99. The van der Waals surface area contributed by atoms with E-state index in [4.69, 9.17) is 0 Å². The largest absolute Gasteiger partial charge is 0.315 e. The van der Waals surface area contributed by atoms with Crippen molar-refractivity contribution in [1.29, 1.82) is 0 Å². The smallest absolute Gasteiger partial charge is 0.269 e. The van der Waals surface area contributed by atoms with Crippen LogP contribution in [0.3, 0.4) is 0 Å². The van der Waals surface area contributed by atoms with Gasteiger partial charge in [0.1, 0.15) is 11.6 Å². The molecule has 0 saturated heterocycles. The van der Waals surface area contributed by atoms with Crippen LogP contribution in [0.1, 0.15) is 0 Å². The molecular formula is C23H17F2N5O3S. The van der Waals surface area contributed by atoms with Crippen molar-refractivity contribution in [2.45, 2.75) is 5.16 Å². The maximum Gasteiger partial charge on any atom is 0.269 e. The van der Waals surface area contributed by atoms with Crippen LogP contribution >= 0.6 is 11.8 Å². The first kappa shape index (κ1) is 23.1. The Labute approximate surface area is 197 Å². The maximum absolute atomic E-state index is 13.5. The lowest BCUT2D eigenvalue weighted by Gasteiger charge is -2.17. The summed E-state index contributed by atoms with van der Waals surface area (Å²) in [6, 6.07) is 17.1. The number of aromatic nitrogens is 3. The molecule has 0 bridgehead atoms. The van der Waals surface area contributed by atoms with E-state index in [2.05, 4.69) is 10.2 Å². The van der Waals surface area contributed by atoms with Crippen molar-refractivity contribution in [3.05, 3.63) is 94.5 Å². The zero-order chi connectivity index (χ0) is 24.2. The van der Waals surface area contributed by atoms with Crippen LogP contribution in [-0.4, -0.2) is 38.4 Å². The number of nitro benzene ring substituents is 1. The number of nitrogens with zero attached hydrogens (tertiary/aromatic N) is 5. The first-order chi connectivity index (χ1) is 16.3. The number of nitro groups is 1. The summed E-state index contributed by atoms with van der Waals surface area (Å²) in [5, 5.41) is 19.6. The molecule has 0 aliphatic carbocycles. The number of hydrogen-bond donors (Lipinski definition) is 0. The van der Waals surface area contributed by atoms with Crippen LogP contribution in [0.25, 0.3) is 17.1 Å². The molecule has 0 aliphatic rings. The molecule has 0 fully saturated rings. The monoisotopic (exact) mass is 481 g/mol. The second kappa shape index (κ2) is 9.79. The van der Waals surface area contributed by atoms with Gasteiger partial charge in [-0.15, -0.1) is 10.2 Å². The average molecular weight is 481 g/mol.